The van der Waals surface area contributed by atoms with Gasteiger partial charge in [0.1, 0.15) is 6.10 Å². The van der Waals surface area contributed by atoms with E-state index in [2.05, 4.69) is 59.8 Å². The number of fused-ring (bicyclic) bond motifs is 5. The molecule has 4 aliphatic rings. The maximum Gasteiger partial charge on any atom is 0.306 e. The molecule has 2 nitrogen and oxygen atoms in total. The van der Waals surface area contributed by atoms with E-state index >= 15 is 0 Å². The van der Waals surface area contributed by atoms with Crippen LogP contribution in [-0.2, 0) is 9.53 Å². The van der Waals surface area contributed by atoms with Crippen LogP contribution < -0.4 is 0 Å². The van der Waals surface area contributed by atoms with Gasteiger partial charge in [-0.2, -0.15) is 0 Å². The summed E-state index contributed by atoms with van der Waals surface area (Å²) in [5.74, 6) is 5.32. The van der Waals surface area contributed by atoms with Gasteiger partial charge in [0.25, 0.3) is 0 Å². The topological polar surface area (TPSA) is 26.3 Å². The van der Waals surface area contributed by atoms with Crippen LogP contribution in [0.25, 0.3) is 0 Å². The van der Waals surface area contributed by atoms with E-state index in [9.17, 15) is 4.79 Å². The number of rotatable bonds is 19. The molecule has 0 aromatic rings. The summed E-state index contributed by atoms with van der Waals surface area (Å²) in [5, 5.41) is 0. The number of hydrogen-bond acceptors (Lipinski definition) is 2. The average Bonchev–Trinajstić information content (AvgIpc) is 3.37. The second-order valence-electron chi connectivity index (χ2n) is 17.3. The Bertz CT molecular complexity index is 945. The van der Waals surface area contributed by atoms with Crippen LogP contribution in [0.1, 0.15) is 189 Å². The number of carbonyl (C=O) groups is 1. The van der Waals surface area contributed by atoms with Crippen LogP contribution in [0.2, 0.25) is 0 Å². The highest BCUT2D eigenvalue weighted by atomic mass is 16.5. The molecule has 2 heteroatoms. The first-order chi connectivity index (χ1) is 21.7. The van der Waals surface area contributed by atoms with Crippen molar-refractivity contribution in [1.29, 1.82) is 0 Å². The first kappa shape index (κ1) is 36.8. The van der Waals surface area contributed by atoms with Gasteiger partial charge >= 0.3 is 5.97 Å². The molecule has 45 heavy (non-hydrogen) atoms. The molecule has 0 amide bonds. The van der Waals surface area contributed by atoms with Gasteiger partial charge in [-0.3, -0.25) is 4.79 Å². The van der Waals surface area contributed by atoms with E-state index in [0.29, 0.717) is 17.3 Å². The van der Waals surface area contributed by atoms with Crippen molar-refractivity contribution in [3.8, 4) is 0 Å². The molecule has 8 unspecified atom stereocenters. The maximum atomic E-state index is 12.8. The standard InChI is InChI=1S/C43H74O2/c1-7-8-9-10-11-12-13-14-15-16-17-18-19-23-41(44)45-36-28-30-42(5)35(32-36)24-25-37-39-27-26-38(34(4)22-20-21-33(2)3)43(39,6)31-29-40(37)42/h12-13,24,33-34,36-40H,7-11,14-23,25-32H2,1-6H3/b13-12+. The summed E-state index contributed by atoms with van der Waals surface area (Å²) in [4.78, 5) is 12.8. The van der Waals surface area contributed by atoms with Crippen LogP contribution in [0.3, 0.4) is 0 Å². The molecule has 8 atom stereocenters. The number of esters is 1. The van der Waals surface area contributed by atoms with Gasteiger partial charge in [-0.05, 0) is 123 Å². The molecule has 0 radical (unpaired) electrons. The summed E-state index contributed by atoms with van der Waals surface area (Å²) in [6.07, 6.45) is 36.5. The zero-order chi connectivity index (χ0) is 32.3. The average molecular weight is 623 g/mol. The molecule has 4 aliphatic carbocycles. The van der Waals surface area contributed by atoms with Crippen LogP contribution >= 0.6 is 0 Å². The zero-order valence-electron chi connectivity index (χ0n) is 30.9. The number of carbonyl (C=O) groups excluding carboxylic acids is 1. The SMILES string of the molecule is CCCCCC/C=C/CCCCCCCC(=O)OC1CCC2(C)C(=CCC3C2CCC2(C)C(C(C)CCCC(C)C)CCC32)C1. The predicted octanol–water partition coefficient (Wildman–Crippen LogP) is 13.2. The minimum atomic E-state index is 0.0526. The van der Waals surface area contributed by atoms with E-state index in [4.69, 9.17) is 4.74 Å². The third kappa shape index (κ3) is 9.75. The predicted molar refractivity (Wildman–Crippen MR) is 193 cm³/mol. The molecule has 0 spiro atoms. The lowest BCUT2D eigenvalue weighted by atomic mass is 9.47. The third-order valence-electron chi connectivity index (χ3n) is 13.7. The summed E-state index contributed by atoms with van der Waals surface area (Å²) in [7, 11) is 0. The van der Waals surface area contributed by atoms with Gasteiger partial charge in [-0.25, -0.2) is 0 Å². The van der Waals surface area contributed by atoms with E-state index in [0.717, 1.165) is 61.2 Å². The molecule has 0 saturated heterocycles. The van der Waals surface area contributed by atoms with Gasteiger partial charge < -0.3 is 4.74 Å². The first-order valence-electron chi connectivity index (χ1n) is 20.2. The van der Waals surface area contributed by atoms with Gasteiger partial charge in [0.15, 0.2) is 0 Å². The number of ether oxygens (including phenoxy) is 1. The van der Waals surface area contributed by atoms with Crippen LogP contribution in [0.4, 0.5) is 0 Å². The van der Waals surface area contributed by atoms with Crippen LogP contribution in [0.5, 0.6) is 0 Å². The van der Waals surface area contributed by atoms with Crippen molar-refractivity contribution in [1.82, 2.24) is 0 Å². The van der Waals surface area contributed by atoms with Crippen LogP contribution in [0, 0.1) is 46.3 Å². The summed E-state index contributed by atoms with van der Waals surface area (Å²) >= 11 is 0. The van der Waals surface area contributed by atoms with Crippen molar-refractivity contribution in [3.63, 3.8) is 0 Å². The molecule has 0 heterocycles. The van der Waals surface area contributed by atoms with Gasteiger partial charge in [0.05, 0.1) is 0 Å². The first-order valence-corrected chi connectivity index (χ1v) is 20.2. The largest absolute Gasteiger partial charge is 0.462 e. The van der Waals surface area contributed by atoms with E-state index in [1.54, 1.807) is 5.57 Å². The van der Waals surface area contributed by atoms with Crippen molar-refractivity contribution in [3.05, 3.63) is 23.8 Å². The smallest absolute Gasteiger partial charge is 0.306 e. The molecule has 0 N–H and O–H groups in total. The highest BCUT2D eigenvalue weighted by Crippen LogP contribution is 2.67. The third-order valence-corrected chi connectivity index (χ3v) is 13.7. The van der Waals surface area contributed by atoms with E-state index < -0.39 is 0 Å². The Morgan fingerprint density at radius 2 is 1.56 bits per heavy atom. The van der Waals surface area contributed by atoms with Gasteiger partial charge in [0, 0.05) is 12.8 Å². The van der Waals surface area contributed by atoms with E-state index in [1.807, 2.05) is 0 Å². The van der Waals surface area contributed by atoms with Gasteiger partial charge in [-0.15, -0.1) is 0 Å². The van der Waals surface area contributed by atoms with Crippen molar-refractivity contribution in [2.75, 3.05) is 0 Å². The van der Waals surface area contributed by atoms with Crippen molar-refractivity contribution in [2.45, 2.75) is 195 Å². The fourth-order valence-electron chi connectivity index (χ4n) is 11.0. The minimum absolute atomic E-state index is 0.0526. The molecule has 0 aliphatic heterocycles. The van der Waals surface area contributed by atoms with E-state index in [-0.39, 0.29) is 12.1 Å². The second-order valence-corrected chi connectivity index (χ2v) is 17.3. The lowest BCUT2D eigenvalue weighted by Gasteiger charge is -2.58. The lowest BCUT2D eigenvalue weighted by Crippen LogP contribution is -2.51. The highest BCUT2D eigenvalue weighted by Gasteiger charge is 2.59. The zero-order valence-corrected chi connectivity index (χ0v) is 30.9. The lowest BCUT2D eigenvalue weighted by molar-refractivity contribution is -0.151. The number of allylic oxidation sites excluding steroid dienone is 3. The number of hydrogen-bond donors (Lipinski definition) is 0. The summed E-state index contributed by atoms with van der Waals surface area (Å²) < 4.78 is 6.11. The molecule has 3 fully saturated rings. The Morgan fingerprint density at radius 3 is 2.29 bits per heavy atom. The van der Waals surface area contributed by atoms with Gasteiger partial charge in [0.2, 0.25) is 0 Å². The van der Waals surface area contributed by atoms with Crippen LogP contribution in [-0.4, -0.2) is 12.1 Å². The van der Waals surface area contributed by atoms with E-state index in [1.165, 1.54) is 116 Å². The van der Waals surface area contributed by atoms with Crippen molar-refractivity contribution < 1.29 is 9.53 Å². The Hall–Kier alpha value is -1.05. The second kappa shape index (κ2) is 17.9. The summed E-state index contributed by atoms with van der Waals surface area (Å²) in [6, 6.07) is 0. The fourth-order valence-corrected chi connectivity index (χ4v) is 11.0. The summed E-state index contributed by atoms with van der Waals surface area (Å²) in [5.41, 5.74) is 2.53. The van der Waals surface area contributed by atoms with Crippen molar-refractivity contribution in [2.24, 2.45) is 46.3 Å². The Balaban J connectivity index is 1.16. The Morgan fingerprint density at radius 1 is 0.844 bits per heavy atom. The molecule has 3 saturated carbocycles. The molecule has 4 rings (SSSR count). The molecular weight excluding hydrogens is 548 g/mol. The van der Waals surface area contributed by atoms with Crippen LogP contribution in [0.15, 0.2) is 23.8 Å². The fraction of sp³-hybridized carbons (Fsp3) is 0.884. The van der Waals surface area contributed by atoms with Crippen molar-refractivity contribution >= 4 is 5.97 Å². The molecule has 0 aromatic carbocycles. The normalized spacial score (nSPS) is 33.5. The molecule has 0 aromatic heterocycles. The quantitative estimate of drug-likeness (QED) is 0.0814. The monoisotopic (exact) mass is 623 g/mol. The molecular formula is C43H74O2. The summed E-state index contributed by atoms with van der Waals surface area (Å²) in [6.45, 7) is 14.9. The highest BCUT2D eigenvalue weighted by molar-refractivity contribution is 5.69. The number of unbranched alkanes of at least 4 members (excludes halogenated alkanes) is 9. The molecule has 0 bridgehead atoms. The Labute approximate surface area is 280 Å². The maximum absolute atomic E-state index is 12.8. The minimum Gasteiger partial charge on any atom is -0.462 e. The van der Waals surface area contributed by atoms with Gasteiger partial charge in [-0.1, -0.05) is 123 Å². The molecule has 258 valence electrons. The Kier molecular flexibility index (Phi) is 14.6.